The van der Waals surface area contributed by atoms with E-state index in [0.717, 1.165) is 0 Å². The summed E-state index contributed by atoms with van der Waals surface area (Å²) in [6.07, 6.45) is 0.0573. The Hall–Kier alpha value is -1.50. The van der Waals surface area contributed by atoms with Gasteiger partial charge in [-0.2, -0.15) is 0 Å². The molecule has 0 bridgehead atoms. The molecule has 0 unspecified atom stereocenters. The highest BCUT2D eigenvalue weighted by Crippen LogP contribution is 2.08. The number of amides is 4. The Balaban J connectivity index is 4.53. The lowest BCUT2D eigenvalue weighted by molar-refractivity contribution is -0.134. The van der Waals surface area contributed by atoms with Crippen molar-refractivity contribution in [2.24, 2.45) is 0 Å². The fourth-order valence-electron chi connectivity index (χ4n) is 2.50. The molecule has 0 aliphatic heterocycles. The first-order valence-corrected chi connectivity index (χ1v) is 13.7. The molecular weight excluding hydrogens is 480 g/mol. The molecule has 0 atom stereocenters. The molecule has 10 nitrogen and oxygen atoms in total. The van der Waals surface area contributed by atoms with E-state index >= 15 is 0 Å². The number of ether oxygens (including phenoxy) is 1. The summed E-state index contributed by atoms with van der Waals surface area (Å²) in [5.74, 6) is 0.0532. The minimum Gasteiger partial charge on any atom is -0.394 e. The molecule has 0 aromatic rings. The zero-order valence-electron chi connectivity index (χ0n) is 20.9. The number of nitrogens with zero attached hydrogens (tertiary/aromatic N) is 1. The van der Waals surface area contributed by atoms with Crippen LogP contribution >= 0.6 is 23.5 Å². The summed E-state index contributed by atoms with van der Waals surface area (Å²) < 4.78 is 5.07. The first-order chi connectivity index (χ1) is 16.1. The first-order valence-electron chi connectivity index (χ1n) is 11.6. The standard InChI is InChI=1S/C22H42N4O6S2/c1-17(2)33-15-20(29)23-7-10-26(11-8-24-21(30)16-34-18(3)4)22(31)6-5-19(28)25-9-13-32-14-12-27/h17-18,27H,5-16H2,1-4H3,(H,23,29)(H,24,30)(H,25,28). The van der Waals surface area contributed by atoms with Gasteiger partial charge < -0.3 is 30.7 Å². The number of aliphatic hydroxyl groups is 1. The fraction of sp³-hybridized carbons (Fsp3) is 0.818. The van der Waals surface area contributed by atoms with E-state index < -0.39 is 0 Å². The predicted octanol–water partition coefficient (Wildman–Crippen LogP) is 0.236. The maximum Gasteiger partial charge on any atom is 0.230 e. The van der Waals surface area contributed by atoms with E-state index in [1.807, 2.05) is 27.7 Å². The monoisotopic (exact) mass is 522 g/mol. The summed E-state index contributed by atoms with van der Waals surface area (Å²) in [5, 5.41) is 17.6. The van der Waals surface area contributed by atoms with Crippen LogP contribution in [0.25, 0.3) is 0 Å². The van der Waals surface area contributed by atoms with Gasteiger partial charge in [0.1, 0.15) is 0 Å². The van der Waals surface area contributed by atoms with Gasteiger partial charge in [-0.3, -0.25) is 19.2 Å². The minimum atomic E-state index is -0.265. The third kappa shape index (κ3) is 19.9. The van der Waals surface area contributed by atoms with Crippen LogP contribution in [0.1, 0.15) is 40.5 Å². The lowest BCUT2D eigenvalue weighted by Crippen LogP contribution is -2.43. The van der Waals surface area contributed by atoms with E-state index in [1.54, 1.807) is 28.4 Å². The van der Waals surface area contributed by atoms with Gasteiger partial charge in [0.05, 0.1) is 31.3 Å². The highest BCUT2D eigenvalue weighted by atomic mass is 32.2. The number of nitrogens with one attached hydrogen (secondary N) is 3. The molecule has 34 heavy (non-hydrogen) atoms. The van der Waals surface area contributed by atoms with Crippen LogP contribution in [0, 0.1) is 0 Å². The second kappa shape index (κ2) is 20.8. The van der Waals surface area contributed by atoms with E-state index in [4.69, 9.17) is 9.84 Å². The van der Waals surface area contributed by atoms with Crippen molar-refractivity contribution in [3.8, 4) is 0 Å². The molecule has 0 saturated carbocycles. The maximum atomic E-state index is 12.7. The van der Waals surface area contributed by atoms with Gasteiger partial charge in [0, 0.05) is 45.6 Å². The lowest BCUT2D eigenvalue weighted by atomic mass is 10.2. The van der Waals surface area contributed by atoms with Gasteiger partial charge in [-0.1, -0.05) is 27.7 Å². The van der Waals surface area contributed by atoms with Crippen LogP contribution in [0.3, 0.4) is 0 Å². The van der Waals surface area contributed by atoms with Crippen LogP contribution in [0.15, 0.2) is 0 Å². The van der Waals surface area contributed by atoms with Crippen molar-refractivity contribution in [3.63, 3.8) is 0 Å². The van der Waals surface area contributed by atoms with Gasteiger partial charge in [0.2, 0.25) is 23.6 Å². The van der Waals surface area contributed by atoms with E-state index in [0.29, 0.717) is 54.7 Å². The quantitative estimate of drug-likeness (QED) is 0.167. The predicted molar refractivity (Wildman–Crippen MR) is 138 cm³/mol. The molecular formula is C22H42N4O6S2. The summed E-state index contributed by atoms with van der Waals surface area (Å²) in [6.45, 7) is 9.99. The molecule has 4 amide bonds. The molecule has 0 fully saturated rings. The zero-order chi connectivity index (χ0) is 25.8. The molecule has 0 radical (unpaired) electrons. The van der Waals surface area contributed by atoms with Gasteiger partial charge in [0.25, 0.3) is 0 Å². The number of carbonyl (C=O) groups excluding carboxylic acids is 4. The van der Waals surface area contributed by atoms with Crippen LogP contribution in [-0.2, 0) is 23.9 Å². The molecule has 198 valence electrons. The molecule has 0 aliphatic carbocycles. The smallest absolute Gasteiger partial charge is 0.230 e. The summed E-state index contributed by atoms with van der Waals surface area (Å²) in [5.41, 5.74) is 0. The molecule has 0 aromatic carbocycles. The van der Waals surface area contributed by atoms with Gasteiger partial charge in [-0.05, 0) is 10.5 Å². The number of carbonyl (C=O) groups is 4. The molecule has 0 rings (SSSR count). The van der Waals surface area contributed by atoms with Crippen LogP contribution in [0.4, 0.5) is 0 Å². The Labute approximate surface area is 212 Å². The second-order valence-corrected chi connectivity index (χ2v) is 11.1. The van der Waals surface area contributed by atoms with Crippen molar-refractivity contribution in [1.29, 1.82) is 0 Å². The Morgan fingerprint density at radius 3 is 1.74 bits per heavy atom. The first kappa shape index (κ1) is 32.5. The largest absolute Gasteiger partial charge is 0.394 e. The van der Waals surface area contributed by atoms with E-state index in [1.165, 1.54) is 0 Å². The Bertz CT molecular complexity index is 578. The average molecular weight is 523 g/mol. The number of hydrogen-bond donors (Lipinski definition) is 4. The Morgan fingerprint density at radius 2 is 1.26 bits per heavy atom. The van der Waals surface area contributed by atoms with E-state index in [9.17, 15) is 19.2 Å². The molecule has 0 aromatic heterocycles. The Morgan fingerprint density at radius 1 is 0.765 bits per heavy atom. The van der Waals surface area contributed by atoms with E-state index in [2.05, 4.69) is 16.0 Å². The van der Waals surface area contributed by atoms with Crippen molar-refractivity contribution in [1.82, 2.24) is 20.9 Å². The Kier molecular flexibility index (Phi) is 19.9. The van der Waals surface area contributed by atoms with Gasteiger partial charge in [-0.15, -0.1) is 23.5 Å². The number of rotatable bonds is 20. The maximum absolute atomic E-state index is 12.7. The molecule has 0 aliphatic rings. The lowest BCUT2D eigenvalue weighted by Gasteiger charge is -2.23. The molecule has 0 spiro atoms. The average Bonchev–Trinajstić information content (AvgIpc) is 2.78. The highest BCUT2D eigenvalue weighted by molar-refractivity contribution is 8.00. The summed E-state index contributed by atoms with van der Waals surface area (Å²) in [4.78, 5) is 50.1. The van der Waals surface area contributed by atoms with Crippen molar-refractivity contribution < 1.29 is 29.0 Å². The minimum absolute atomic E-state index is 0.0254. The van der Waals surface area contributed by atoms with Crippen molar-refractivity contribution in [2.45, 2.75) is 51.0 Å². The molecule has 12 heteroatoms. The van der Waals surface area contributed by atoms with E-state index in [-0.39, 0.29) is 56.3 Å². The van der Waals surface area contributed by atoms with Crippen LogP contribution in [0.2, 0.25) is 0 Å². The molecule has 0 heterocycles. The number of hydrogen-bond acceptors (Lipinski definition) is 8. The SMILES string of the molecule is CC(C)SCC(=O)NCCN(CCNC(=O)CSC(C)C)C(=O)CCC(=O)NCCOCCO. The third-order valence-corrected chi connectivity index (χ3v) is 6.42. The normalized spacial score (nSPS) is 10.9. The topological polar surface area (TPSA) is 137 Å². The van der Waals surface area contributed by atoms with Gasteiger partial charge in [-0.25, -0.2) is 0 Å². The third-order valence-electron chi connectivity index (χ3n) is 4.23. The number of thioether (sulfide) groups is 2. The van der Waals surface area contributed by atoms with Crippen LogP contribution in [0.5, 0.6) is 0 Å². The van der Waals surface area contributed by atoms with Crippen molar-refractivity contribution >= 4 is 47.2 Å². The summed E-state index contributed by atoms with van der Waals surface area (Å²) in [6, 6.07) is 0. The zero-order valence-corrected chi connectivity index (χ0v) is 22.5. The highest BCUT2D eigenvalue weighted by Gasteiger charge is 2.16. The second-order valence-electron chi connectivity index (χ2n) is 7.99. The van der Waals surface area contributed by atoms with Crippen molar-refractivity contribution in [2.75, 3.05) is 64.1 Å². The fourth-order valence-corrected chi connectivity index (χ4v) is 3.68. The summed E-state index contributed by atoms with van der Waals surface area (Å²) >= 11 is 3.08. The van der Waals surface area contributed by atoms with Crippen LogP contribution < -0.4 is 16.0 Å². The van der Waals surface area contributed by atoms with Gasteiger partial charge >= 0.3 is 0 Å². The number of aliphatic hydroxyl groups excluding tert-OH is 1. The molecule has 4 N–H and O–H groups in total. The summed E-state index contributed by atoms with van der Waals surface area (Å²) in [7, 11) is 0. The molecule has 0 saturated heterocycles. The van der Waals surface area contributed by atoms with Crippen LogP contribution in [-0.4, -0.2) is 108 Å². The van der Waals surface area contributed by atoms with Crippen molar-refractivity contribution in [3.05, 3.63) is 0 Å². The van der Waals surface area contributed by atoms with Gasteiger partial charge in [0.15, 0.2) is 0 Å².